The molecule has 5 nitrogen and oxygen atoms in total. The van der Waals surface area contributed by atoms with Gasteiger partial charge in [-0.2, -0.15) is 0 Å². The third-order valence-corrected chi connectivity index (χ3v) is 3.25. The average molecular weight is 271 g/mol. The lowest BCUT2D eigenvalue weighted by atomic mass is 9.87. The highest BCUT2D eigenvalue weighted by molar-refractivity contribution is 5.68. The minimum absolute atomic E-state index is 0.143. The van der Waals surface area contributed by atoms with Crippen molar-refractivity contribution in [3.63, 3.8) is 0 Å². The normalized spacial score (nSPS) is 21.9. The van der Waals surface area contributed by atoms with Gasteiger partial charge in [0.1, 0.15) is 11.9 Å². The number of aldehydes is 1. The zero-order valence-electron chi connectivity index (χ0n) is 12.3. The summed E-state index contributed by atoms with van der Waals surface area (Å²) in [6.45, 7) is 7.24. The number of hydrogen-bond donors (Lipinski definition) is 0. The van der Waals surface area contributed by atoms with Crippen molar-refractivity contribution in [2.24, 2.45) is 11.8 Å². The van der Waals surface area contributed by atoms with Crippen LogP contribution in [0.2, 0.25) is 0 Å². The minimum atomic E-state index is -0.485. The van der Waals surface area contributed by atoms with Crippen LogP contribution in [-0.2, 0) is 14.3 Å². The van der Waals surface area contributed by atoms with E-state index in [-0.39, 0.29) is 17.9 Å². The topological polar surface area (TPSA) is 55.8 Å². The highest BCUT2D eigenvalue weighted by atomic mass is 16.6. The molecule has 0 bridgehead atoms. The molecule has 0 aromatic carbocycles. The SMILES string of the molecule is COCC(C=O)C1CCCN(C(=O)OC(C)(C)C)C1. The molecule has 1 amide bonds. The van der Waals surface area contributed by atoms with Gasteiger partial charge in [0.15, 0.2) is 0 Å². The van der Waals surface area contributed by atoms with Crippen LogP contribution in [0.3, 0.4) is 0 Å². The van der Waals surface area contributed by atoms with E-state index in [0.29, 0.717) is 19.7 Å². The maximum absolute atomic E-state index is 12.0. The molecule has 2 atom stereocenters. The van der Waals surface area contributed by atoms with E-state index in [0.717, 1.165) is 19.1 Å². The van der Waals surface area contributed by atoms with Gasteiger partial charge in [-0.05, 0) is 39.5 Å². The molecule has 0 spiro atoms. The standard InChI is InChI=1S/C14H25NO4/c1-14(2,3)19-13(17)15-7-5-6-11(8-15)12(9-16)10-18-4/h9,11-12H,5-8,10H2,1-4H3. The van der Waals surface area contributed by atoms with E-state index in [4.69, 9.17) is 9.47 Å². The minimum Gasteiger partial charge on any atom is -0.444 e. The molecule has 110 valence electrons. The Balaban J connectivity index is 2.58. The number of amides is 1. The summed E-state index contributed by atoms with van der Waals surface area (Å²) in [7, 11) is 1.59. The maximum atomic E-state index is 12.0. The third-order valence-electron chi connectivity index (χ3n) is 3.25. The smallest absolute Gasteiger partial charge is 0.410 e. The first-order valence-corrected chi connectivity index (χ1v) is 6.79. The molecule has 1 aliphatic rings. The molecule has 1 saturated heterocycles. The molecular formula is C14H25NO4. The fourth-order valence-corrected chi connectivity index (χ4v) is 2.33. The molecule has 1 heterocycles. The van der Waals surface area contributed by atoms with Gasteiger partial charge in [-0.1, -0.05) is 0 Å². The highest BCUT2D eigenvalue weighted by Crippen LogP contribution is 2.24. The van der Waals surface area contributed by atoms with Crippen molar-refractivity contribution >= 4 is 12.4 Å². The van der Waals surface area contributed by atoms with Crippen molar-refractivity contribution in [1.82, 2.24) is 4.90 Å². The quantitative estimate of drug-likeness (QED) is 0.735. The highest BCUT2D eigenvalue weighted by Gasteiger charge is 2.31. The Morgan fingerprint density at radius 2 is 2.16 bits per heavy atom. The zero-order valence-corrected chi connectivity index (χ0v) is 12.3. The van der Waals surface area contributed by atoms with Crippen LogP contribution in [0, 0.1) is 11.8 Å². The second kappa shape index (κ2) is 6.89. The van der Waals surface area contributed by atoms with Gasteiger partial charge in [0, 0.05) is 26.1 Å². The fourth-order valence-electron chi connectivity index (χ4n) is 2.33. The lowest BCUT2D eigenvalue weighted by molar-refractivity contribution is -0.115. The van der Waals surface area contributed by atoms with Gasteiger partial charge >= 0.3 is 6.09 Å². The van der Waals surface area contributed by atoms with Crippen molar-refractivity contribution in [3.8, 4) is 0 Å². The Labute approximate surface area is 115 Å². The summed E-state index contributed by atoms with van der Waals surface area (Å²) in [6.07, 6.45) is 2.50. The van der Waals surface area contributed by atoms with Gasteiger partial charge in [-0.25, -0.2) is 4.79 Å². The number of hydrogen-bond acceptors (Lipinski definition) is 4. The lowest BCUT2D eigenvalue weighted by Crippen LogP contribution is -2.45. The van der Waals surface area contributed by atoms with Crippen molar-refractivity contribution in [2.45, 2.75) is 39.2 Å². The molecule has 0 radical (unpaired) electrons. The van der Waals surface area contributed by atoms with E-state index in [9.17, 15) is 9.59 Å². The number of ether oxygens (including phenoxy) is 2. The molecule has 5 heteroatoms. The number of nitrogens with zero attached hydrogens (tertiary/aromatic N) is 1. The van der Waals surface area contributed by atoms with Gasteiger partial charge in [0.05, 0.1) is 6.61 Å². The zero-order chi connectivity index (χ0) is 14.5. The van der Waals surface area contributed by atoms with Gasteiger partial charge in [0.2, 0.25) is 0 Å². The number of carbonyl (C=O) groups is 2. The summed E-state index contributed by atoms with van der Waals surface area (Å²) in [5.74, 6) is 0.0222. The van der Waals surface area contributed by atoms with Crippen LogP contribution in [0.1, 0.15) is 33.6 Å². The number of methoxy groups -OCH3 is 1. The van der Waals surface area contributed by atoms with Crippen molar-refractivity contribution in [3.05, 3.63) is 0 Å². The molecule has 1 aliphatic heterocycles. The van der Waals surface area contributed by atoms with E-state index in [1.54, 1.807) is 12.0 Å². The van der Waals surface area contributed by atoms with Crippen LogP contribution in [-0.4, -0.2) is 49.7 Å². The largest absolute Gasteiger partial charge is 0.444 e. The molecule has 2 unspecified atom stereocenters. The van der Waals surface area contributed by atoms with Gasteiger partial charge in [-0.3, -0.25) is 0 Å². The molecule has 0 saturated carbocycles. The van der Waals surface area contributed by atoms with E-state index in [1.807, 2.05) is 20.8 Å². The maximum Gasteiger partial charge on any atom is 0.410 e. The first-order chi connectivity index (χ1) is 8.87. The van der Waals surface area contributed by atoms with E-state index in [1.165, 1.54) is 0 Å². The van der Waals surface area contributed by atoms with Crippen LogP contribution in [0.25, 0.3) is 0 Å². The van der Waals surface area contributed by atoms with Crippen molar-refractivity contribution in [1.29, 1.82) is 0 Å². The van der Waals surface area contributed by atoms with E-state index >= 15 is 0 Å². The van der Waals surface area contributed by atoms with Crippen LogP contribution in [0.15, 0.2) is 0 Å². The van der Waals surface area contributed by atoms with Crippen LogP contribution >= 0.6 is 0 Å². The van der Waals surface area contributed by atoms with Crippen molar-refractivity contribution in [2.75, 3.05) is 26.8 Å². The molecule has 0 aromatic rings. The molecule has 0 aliphatic carbocycles. The third kappa shape index (κ3) is 5.19. The van der Waals surface area contributed by atoms with E-state index < -0.39 is 5.60 Å². The second-order valence-corrected chi connectivity index (χ2v) is 6.08. The Morgan fingerprint density at radius 1 is 1.47 bits per heavy atom. The summed E-state index contributed by atoms with van der Waals surface area (Å²) >= 11 is 0. The summed E-state index contributed by atoms with van der Waals surface area (Å²) in [5.41, 5.74) is -0.485. The molecule has 0 aromatic heterocycles. The summed E-state index contributed by atoms with van der Waals surface area (Å²) < 4.78 is 10.4. The molecule has 1 fully saturated rings. The Kier molecular flexibility index (Phi) is 5.79. The van der Waals surface area contributed by atoms with Crippen LogP contribution in [0.5, 0.6) is 0 Å². The Bertz CT molecular complexity index is 311. The molecule has 1 rings (SSSR count). The number of likely N-dealkylation sites (tertiary alicyclic amines) is 1. The predicted molar refractivity (Wildman–Crippen MR) is 72.0 cm³/mol. The predicted octanol–water partition coefficient (Wildman–Crippen LogP) is 2.10. The second-order valence-electron chi connectivity index (χ2n) is 6.08. The Hall–Kier alpha value is -1.10. The van der Waals surface area contributed by atoms with Gasteiger partial charge in [0.25, 0.3) is 0 Å². The first-order valence-electron chi connectivity index (χ1n) is 6.79. The van der Waals surface area contributed by atoms with Crippen LogP contribution in [0.4, 0.5) is 4.79 Å². The lowest BCUT2D eigenvalue weighted by Gasteiger charge is -2.35. The van der Waals surface area contributed by atoms with E-state index in [2.05, 4.69) is 0 Å². The Morgan fingerprint density at radius 3 is 2.68 bits per heavy atom. The number of carbonyl (C=O) groups excluding carboxylic acids is 2. The fraction of sp³-hybridized carbons (Fsp3) is 0.857. The number of rotatable bonds is 4. The summed E-state index contributed by atoms with van der Waals surface area (Å²) in [4.78, 5) is 24.8. The van der Waals surface area contributed by atoms with Gasteiger partial charge in [-0.15, -0.1) is 0 Å². The summed E-state index contributed by atoms with van der Waals surface area (Å²) in [5, 5.41) is 0. The first kappa shape index (κ1) is 16.0. The molecule has 0 N–H and O–H groups in total. The average Bonchev–Trinajstić information content (AvgIpc) is 2.34. The molecular weight excluding hydrogens is 246 g/mol. The number of piperidine rings is 1. The molecule has 19 heavy (non-hydrogen) atoms. The van der Waals surface area contributed by atoms with Crippen LogP contribution < -0.4 is 0 Å². The van der Waals surface area contributed by atoms with Gasteiger partial charge < -0.3 is 19.2 Å². The monoisotopic (exact) mass is 271 g/mol. The summed E-state index contributed by atoms with van der Waals surface area (Å²) in [6, 6.07) is 0. The van der Waals surface area contributed by atoms with Crippen molar-refractivity contribution < 1.29 is 19.1 Å².